The van der Waals surface area contributed by atoms with E-state index in [1.54, 1.807) is 13.0 Å². The molecule has 0 bridgehead atoms. The summed E-state index contributed by atoms with van der Waals surface area (Å²) in [5, 5.41) is 10.2. The molecule has 78 valence electrons. The molecule has 0 saturated carbocycles. The van der Waals surface area contributed by atoms with Crippen LogP contribution in [0.3, 0.4) is 0 Å². The molecule has 1 N–H and O–H groups in total. The van der Waals surface area contributed by atoms with Gasteiger partial charge in [0.15, 0.2) is 0 Å². The number of aryl methyl sites for hydroxylation is 1. The van der Waals surface area contributed by atoms with Crippen LogP contribution in [0.15, 0.2) is 18.2 Å². The molecule has 1 nitrogen and oxygen atoms in total. The molecule has 14 heavy (non-hydrogen) atoms. The first kappa shape index (κ1) is 11.2. The zero-order chi connectivity index (χ0) is 10.9. The van der Waals surface area contributed by atoms with Crippen LogP contribution in [0.5, 0.6) is 0 Å². The second-order valence-electron chi connectivity index (χ2n) is 4.26. The maximum absolute atomic E-state index is 12.9. The zero-order valence-electron chi connectivity index (χ0n) is 9.13. The van der Waals surface area contributed by atoms with Crippen molar-refractivity contribution in [2.45, 2.75) is 33.3 Å². The first-order valence-electron chi connectivity index (χ1n) is 4.84. The van der Waals surface area contributed by atoms with Gasteiger partial charge in [0.1, 0.15) is 5.82 Å². The van der Waals surface area contributed by atoms with E-state index in [0.717, 1.165) is 11.1 Å². The highest BCUT2D eigenvalue weighted by Crippen LogP contribution is 2.31. The number of benzene rings is 1. The number of hydrogen-bond donors (Lipinski definition) is 1. The van der Waals surface area contributed by atoms with Crippen LogP contribution in [0.1, 0.15) is 31.9 Å². The van der Waals surface area contributed by atoms with Crippen molar-refractivity contribution in [3.63, 3.8) is 0 Å². The summed E-state index contributed by atoms with van der Waals surface area (Å²) in [5.41, 5.74) is 0.704. The topological polar surface area (TPSA) is 20.2 Å². The molecule has 1 atom stereocenters. The van der Waals surface area contributed by atoms with Crippen molar-refractivity contribution in [1.82, 2.24) is 0 Å². The van der Waals surface area contributed by atoms with Gasteiger partial charge in [-0.15, -0.1) is 0 Å². The molecule has 0 aliphatic carbocycles. The van der Waals surface area contributed by atoms with Gasteiger partial charge in [-0.3, -0.25) is 0 Å². The van der Waals surface area contributed by atoms with E-state index in [4.69, 9.17) is 0 Å². The summed E-state index contributed by atoms with van der Waals surface area (Å²) < 4.78 is 12.9. The van der Waals surface area contributed by atoms with Gasteiger partial charge in [0.05, 0.1) is 5.60 Å². The Morgan fingerprint density at radius 1 is 1.36 bits per heavy atom. The molecule has 1 aromatic carbocycles. The summed E-state index contributed by atoms with van der Waals surface area (Å²) in [5.74, 6) is -0.155. The Labute approximate surface area is 84.6 Å². The van der Waals surface area contributed by atoms with Gasteiger partial charge in [0.2, 0.25) is 0 Å². The molecule has 1 rings (SSSR count). The van der Waals surface area contributed by atoms with Gasteiger partial charge in [-0.25, -0.2) is 4.39 Å². The minimum absolute atomic E-state index is 0.103. The monoisotopic (exact) mass is 196 g/mol. The van der Waals surface area contributed by atoms with Crippen molar-refractivity contribution in [2.24, 2.45) is 5.92 Å². The molecule has 0 amide bonds. The van der Waals surface area contributed by atoms with E-state index in [2.05, 4.69) is 0 Å². The summed E-state index contributed by atoms with van der Waals surface area (Å²) >= 11 is 0. The first-order valence-corrected chi connectivity index (χ1v) is 4.84. The van der Waals surface area contributed by atoms with Gasteiger partial charge in [-0.1, -0.05) is 19.9 Å². The Balaban J connectivity index is 3.19. The van der Waals surface area contributed by atoms with E-state index < -0.39 is 5.60 Å². The standard InChI is InChI=1S/C12H17FO/c1-8(2)12(4,14)11-6-5-10(13)7-9(11)3/h5-8,14H,1-4H3/t12-/m1/s1. The van der Waals surface area contributed by atoms with Crippen LogP contribution in [-0.4, -0.2) is 5.11 Å². The van der Waals surface area contributed by atoms with E-state index in [1.807, 2.05) is 20.8 Å². The lowest BCUT2D eigenvalue weighted by Crippen LogP contribution is -2.28. The quantitative estimate of drug-likeness (QED) is 0.771. The largest absolute Gasteiger partial charge is 0.385 e. The molecule has 0 heterocycles. The van der Waals surface area contributed by atoms with Crippen LogP contribution in [0, 0.1) is 18.7 Å². The SMILES string of the molecule is Cc1cc(F)ccc1[C@](C)(O)C(C)C. The molecule has 1 aromatic rings. The molecule has 0 spiro atoms. The summed E-state index contributed by atoms with van der Waals surface area (Å²) in [6.45, 7) is 7.47. The fourth-order valence-electron chi connectivity index (χ4n) is 1.51. The maximum atomic E-state index is 12.9. The first-order chi connectivity index (χ1) is 6.35. The third-order valence-electron chi connectivity index (χ3n) is 2.86. The molecule has 0 aliphatic heterocycles. The lowest BCUT2D eigenvalue weighted by Gasteiger charge is -2.29. The van der Waals surface area contributed by atoms with Gasteiger partial charge in [0.25, 0.3) is 0 Å². The molecular weight excluding hydrogens is 179 g/mol. The van der Waals surface area contributed by atoms with E-state index in [1.165, 1.54) is 12.1 Å². The molecule has 0 aromatic heterocycles. The van der Waals surface area contributed by atoms with Gasteiger partial charge in [-0.05, 0) is 43.0 Å². The molecule has 0 saturated heterocycles. The Morgan fingerprint density at radius 2 is 1.93 bits per heavy atom. The molecule has 0 unspecified atom stereocenters. The average molecular weight is 196 g/mol. The Bertz CT molecular complexity index is 329. The lowest BCUT2D eigenvalue weighted by molar-refractivity contribution is 0.00842. The fourth-order valence-corrected chi connectivity index (χ4v) is 1.51. The maximum Gasteiger partial charge on any atom is 0.123 e. The van der Waals surface area contributed by atoms with E-state index in [0.29, 0.717) is 0 Å². The predicted octanol–water partition coefficient (Wildman–Crippen LogP) is 3.00. The minimum Gasteiger partial charge on any atom is -0.385 e. The van der Waals surface area contributed by atoms with E-state index in [-0.39, 0.29) is 11.7 Å². The second-order valence-corrected chi connectivity index (χ2v) is 4.26. The van der Waals surface area contributed by atoms with Crippen molar-refractivity contribution >= 4 is 0 Å². The molecule has 2 heteroatoms. The number of aliphatic hydroxyl groups is 1. The van der Waals surface area contributed by atoms with E-state index >= 15 is 0 Å². The van der Waals surface area contributed by atoms with E-state index in [9.17, 15) is 9.50 Å². The van der Waals surface area contributed by atoms with Crippen LogP contribution >= 0.6 is 0 Å². The van der Waals surface area contributed by atoms with Gasteiger partial charge >= 0.3 is 0 Å². The minimum atomic E-state index is -0.891. The van der Waals surface area contributed by atoms with Crippen molar-refractivity contribution in [3.8, 4) is 0 Å². The average Bonchev–Trinajstić information content (AvgIpc) is 2.02. The van der Waals surface area contributed by atoms with Gasteiger partial charge in [0, 0.05) is 0 Å². The van der Waals surface area contributed by atoms with Gasteiger partial charge < -0.3 is 5.11 Å². The smallest absolute Gasteiger partial charge is 0.123 e. The van der Waals surface area contributed by atoms with Crippen molar-refractivity contribution in [3.05, 3.63) is 35.1 Å². The Hall–Kier alpha value is -0.890. The van der Waals surface area contributed by atoms with Crippen LogP contribution in [0.2, 0.25) is 0 Å². The zero-order valence-corrected chi connectivity index (χ0v) is 9.13. The molecule has 0 aliphatic rings. The lowest BCUT2D eigenvalue weighted by atomic mass is 9.83. The summed E-state index contributed by atoms with van der Waals surface area (Å²) in [7, 11) is 0. The Kier molecular flexibility index (Phi) is 2.95. The van der Waals surface area contributed by atoms with Crippen molar-refractivity contribution in [2.75, 3.05) is 0 Å². The van der Waals surface area contributed by atoms with Gasteiger partial charge in [-0.2, -0.15) is 0 Å². The molecule has 0 radical (unpaired) electrons. The van der Waals surface area contributed by atoms with Crippen LogP contribution in [-0.2, 0) is 5.60 Å². The third kappa shape index (κ3) is 1.95. The van der Waals surface area contributed by atoms with Crippen molar-refractivity contribution in [1.29, 1.82) is 0 Å². The normalized spacial score (nSPS) is 15.6. The highest BCUT2D eigenvalue weighted by Gasteiger charge is 2.28. The molecule has 0 fully saturated rings. The highest BCUT2D eigenvalue weighted by molar-refractivity contribution is 5.31. The summed E-state index contributed by atoms with van der Waals surface area (Å²) in [6, 6.07) is 4.50. The van der Waals surface area contributed by atoms with Crippen LogP contribution < -0.4 is 0 Å². The second kappa shape index (κ2) is 3.70. The summed E-state index contributed by atoms with van der Waals surface area (Å²) in [6.07, 6.45) is 0. The number of halogens is 1. The fraction of sp³-hybridized carbons (Fsp3) is 0.500. The third-order valence-corrected chi connectivity index (χ3v) is 2.86. The van der Waals surface area contributed by atoms with Crippen LogP contribution in [0.4, 0.5) is 4.39 Å². The highest BCUT2D eigenvalue weighted by atomic mass is 19.1. The molecular formula is C12H17FO. The number of rotatable bonds is 2. The summed E-state index contributed by atoms with van der Waals surface area (Å²) in [4.78, 5) is 0. The Morgan fingerprint density at radius 3 is 2.36 bits per heavy atom. The van der Waals surface area contributed by atoms with Crippen LogP contribution in [0.25, 0.3) is 0 Å². The predicted molar refractivity (Wildman–Crippen MR) is 55.5 cm³/mol. The van der Waals surface area contributed by atoms with Crippen molar-refractivity contribution < 1.29 is 9.50 Å². The number of hydrogen-bond acceptors (Lipinski definition) is 1.